The molecule has 0 aliphatic carbocycles. The van der Waals surface area contributed by atoms with Crippen LogP contribution in [0.5, 0.6) is 0 Å². The van der Waals surface area contributed by atoms with E-state index in [0.29, 0.717) is 13.1 Å². The van der Waals surface area contributed by atoms with Gasteiger partial charge in [-0.3, -0.25) is 4.79 Å². The number of ether oxygens (including phenoxy) is 1. The molecule has 0 bridgehead atoms. The quantitative estimate of drug-likeness (QED) is 0.740. The van der Waals surface area contributed by atoms with E-state index in [0.717, 1.165) is 12.8 Å². The summed E-state index contributed by atoms with van der Waals surface area (Å²) in [5, 5.41) is 2.18. The fourth-order valence-corrected chi connectivity index (χ4v) is 4.03. The molecule has 0 spiro atoms. The zero-order valence-corrected chi connectivity index (χ0v) is 12.9. The lowest BCUT2D eigenvalue weighted by atomic mass is 10.1. The molecule has 3 unspecified atom stereocenters. The molecule has 1 heterocycles. The number of rotatable bonds is 5. The molecule has 0 aromatic heterocycles. The van der Waals surface area contributed by atoms with Gasteiger partial charge in [-0.15, -0.1) is 0 Å². The second kappa shape index (κ2) is 6.67. The van der Waals surface area contributed by atoms with Crippen molar-refractivity contribution in [2.24, 2.45) is 0 Å². The maximum atomic E-state index is 12.5. The second-order valence-corrected chi connectivity index (χ2v) is 7.06. The van der Waals surface area contributed by atoms with Crippen molar-refractivity contribution < 1.29 is 17.9 Å². The van der Waals surface area contributed by atoms with Gasteiger partial charge in [0.05, 0.1) is 7.11 Å². The van der Waals surface area contributed by atoms with Gasteiger partial charge in [-0.1, -0.05) is 13.8 Å². The van der Waals surface area contributed by atoms with E-state index in [1.54, 1.807) is 0 Å². The minimum Gasteiger partial charge on any atom is -0.468 e. The van der Waals surface area contributed by atoms with Gasteiger partial charge < -0.3 is 10.1 Å². The molecule has 0 saturated carbocycles. The van der Waals surface area contributed by atoms with E-state index in [4.69, 9.17) is 0 Å². The third kappa shape index (κ3) is 3.46. The van der Waals surface area contributed by atoms with Crippen LogP contribution < -0.4 is 5.32 Å². The van der Waals surface area contributed by atoms with Crippen molar-refractivity contribution in [2.45, 2.75) is 50.9 Å². The first-order valence-corrected chi connectivity index (χ1v) is 8.20. The Labute approximate surface area is 115 Å². The fourth-order valence-electron chi connectivity index (χ4n) is 2.26. The lowest BCUT2D eigenvalue weighted by Crippen LogP contribution is -2.59. The van der Waals surface area contributed by atoms with Gasteiger partial charge >= 0.3 is 5.97 Å². The van der Waals surface area contributed by atoms with Crippen LogP contribution in [0.25, 0.3) is 0 Å². The van der Waals surface area contributed by atoms with Crippen LogP contribution in [-0.4, -0.2) is 56.2 Å². The molecule has 0 amide bonds. The summed E-state index contributed by atoms with van der Waals surface area (Å²) in [4.78, 5) is 11.5. The Morgan fingerprint density at radius 3 is 2.53 bits per heavy atom. The largest absolute Gasteiger partial charge is 0.468 e. The number of sulfonamides is 1. The number of esters is 1. The van der Waals surface area contributed by atoms with Crippen molar-refractivity contribution in [3.63, 3.8) is 0 Å². The molecule has 1 fully saturated rings. The Balaban J connectivity index is 2.97. The number of nitrogens with one attached hydrogen (secondary N) is 1. The fraction of sp³-hybridized carbons (Fsp3) is 0.917. The molecule has 0 aromatic rings. The summed E-state index contributed by atoms with van der Waals surface area (Å²) in [6, 6.07) is 0.0438. The SMILES string of the molecule is CCC1CN(S(=O)(=O)C(C)C(=O)OC)C(CC)CN1. The van der Waals surface area contributed by atoms with E-state index < -0.39 is 21.2 Å². The Bertz CT molecular complexity index is 410. The Kier molecular flexibility index (Phi) is 5.76. The standard InChI is InChI=1S/C12H24N2O4S/c1-5-10-8-14(11(6-2)7-13-10)19(16,17)9(3)12(15)18-4/h9-11,13H,5-8H2,1-4H3. The van der Waals surface area contributed by atoms with Gasteiger partial charge in [0.25, 0.3) is 0 Å². The molecule has 1 aliphatic heterocycles. The third-order valence-corrected chi connectivity index (χ3v) is 5.91. The predicted molar refractivity (Wildman–Crippen MR) is 73.3 cm³/mol. The van der Waals surface area contributed by atoms with E-state index in [1.165, 1.54) is 18.3 Å². The molecule has 6 nitrogen and oxygen atoms in total. The predicted octanol–water partition coefficient (Wildman–Crippen LogP) is 0.340. The number of piperazine rings is 1. The summed E-state index contributed by atoms with van der Waals surface area (Å²) in [5.41, 5.74) is 0. The molecule has 1 N–H and O–H groups in total. The highest BCUT2D eigenvalue weighted by atomic mass is 32.2. The molecule has 112 valence electrons. The summed E-state index contributed by atoms with van der Waals surface area (Å²) in [6.45, 7) is 6.39. The highest BCUT2D eigenvalue weighted by Crippen LogP contribution is 2.20. The highest BCUT2D eigenvalue weighted by molar-refractivity contribution is 7.90. The van der Waals surface area contributed by atoms with Gasteiger partial charge in [-0.05, 0) is 19.8 Å². The smallest absolute Gasteiger partial charge is 0.325 e. The van der Waals surface area contributed by atoms with Crippen LogP contribution in [0.2, 0.25) is 0 Å². The van der Waals surface area contributed by atoms with Crippen molar-refractivity contribution in [3.8, 4) is 0 Å². The van der Waals surface area contributed by atoms with E-state index in [2.05, 4.69) is 10.1 Å². The van der Waals surface area contributed by atoms with Gasteiger partial charge in [0.2, 0.25) is 10.0 Å². The number of nitrogens with zero attached hydrogens (tertiary/aromatic N) is 1. The number of hydrogen-bond donors (Lipinski definition) is 1. The molecule has 0 aromatic carbocycles. The van der Waals surface area contributed by atoms with E-state index >= 15 is 0 Å². The number of carbonyl (C=O) groups excluding carboxylic acids is 1. The van der Waals surface area contributed by atoms with E-state index in [1.807, 2.05) is 13.8 Å². The van der Waals surface area contributed by atoms with Crippen molar-refractivity contribution in [2.75, 3.05) is 20.2 Å². The second-order valence-electron chi connectivity index (χ2n) is 4.86. The van der Waals surface area contributed by atoms with Crippen LogP contribution in [0.4, 0.5) is 0 Å². The first-order chi connectivity index (χ1) is 8.88. The zero-order valence-electron chi connectivity index (χ0n) is 12.0. The molecule has 0 radical (unpaired) electrons. The van der Waals surface area contributed by atoms with Crippen molar-refractivity contribution >= 4 is 16.0 Å². The topological polar surface area (TPSA) is 75.7 Å². The molecule has 19 heavy (non-hydrogen) atoms. The summed E-state index contributed by atoms with van der Waals surface area (Å²) < 4.78 is 31.1. The minimum atomic E-state index is -3.66. The first-order valence-electron chi connectivity index (χ1n) is 6.70. The average molecular weight is 292 g/mol. The van der Waals surface area contributed by atoms with Crippen LogP contribution in [0.15, 0.2) is 0 Å². The molecule has 7 heteroatoms. The third-order valence-electron chi connectivity index (χ3n) is 3.72. The summed E-state index contributed by atoms with van der Waals surface area (Å²) >= 11 is 0. The number of methoxy groups -OCH3 is 1. The minimum absolute atomic E-state index is 0.0973. The Morgan fingerprint density at radius 2 is 2.05 bits per heavy atom. The van der Waals surface area contributed by atoms with Crippen LogP contribution in [-0.2, 0) is 19.6 Å². The van der Waals surface area contributed by atoms with E-state index in [-0.39, 0.29) is 12.1 Å². The molecule has 1 aliphatic rings. The monoisotopic (exact) mass is 292 g/mol. The lowest BCUT2D eigenvalue weighted by Gasteiger charge is -2.39. The molecular weight excluding hydrogens is 268 g/mol. The summed E-state index contributed by atoms with van der Waals surface area (Å²) in [6.07, 6.45) is 1.58. The van der Waals surface area contributed by atoms with Gasteiger partial charge in [-0.2, -0.15) is 4.31 Å². The Hall–Kier alpha value is -0.660. The van der Waals surface area contributed by atoms with Crippen molar-refractivity contribution in [1.29, 1.82) is 0 Å². The molecular formula is C12H24N2O4S. The van der Waals surface area contributed by atoms with Crippen LogP contribution in [0, 0.1) is 0 Å². The summed E-state index contributed by atoms with van der Waals surface area (Å²) in [7, 11) is -2.45. The van der Waals surface area contributed by atoms with Gasteiger partial charge in [0, 0.05) is 25.2 Å². The lowest BCUT2D eigenvalue weighted by molar-refractivity contribution is -0.139. The zero-order chi connectivity index (χ0) is 14.6. The van der Waals surface area contributed by atoms with E-state index in [9.17, 15) is 13.2 Å². The maximum Gasteiger partial charge on any atom is 0.325 e. The van der Waals surface area contributed by atoms with Crippen LogP contribution in [0.1, 0.15) is 33.6 Å². The van der Waals surface area contributed by atoms with Gasteiger partial charge in [0.1, 0.15) is 0 Å². The maximum absolute atomic E-state index is 12.5. The van der Waals surface area contributed by atoms with Crippen LogP contribution >= 0.6 is 0 Å². The molecule has 3 atom stereocenters. The Morgan fingerprint density at radius 1 is 1.42 bits per heavy atom. The normalized spacial score (nSPS) is 26.9. The number of hydrogen-bond acceptors (Lipinski definition) is 5. The van der Waals surface area contributed by atoms with Crippen molar-refractivity contribution in [3.05, 3.63) is 0 Å². The summed E-state index contributed by atoms with van der Waals surface area (Å²) in [5.74, 6) is -0.707. The van der Waals surface area contributed by atoms with Gasteiger partial charge in [0.15, 0.2) is 5.25 Å². The average Bonchev–Trinajstić information content (AvgIpc) is 2.44. The molecule has 1 saturated heterocycles. The number of carbonyl (C=O) groups is 1. The van der Waals surface area contributed by atoms with Crippen molar-refractivity contribution in [1.82, 2.24) is 9.62 Å². The van der Waals surface area contributed by atoms with Gasteiger partial charge in [-0.25, -0.2) is 8.42 Å². The van der Waals surface area contributed by atoms with Crippen LogP contribution in [0.3, 0.4) is 0 Å². The first kappa shape index (κ1) is 16.4. The highest BCUT2D eigenvalue weighted by Gasteiger charge is 2.40. The molecule has 1 rings (SSSR count).